The molecule has 3 aromatic rings. The van der Waals surface area contributed by atoms with Crippen molar-refractivity contribution in [2.45, 2.75) is 25.8 Å². The second kappa shape index (κ2) is 7.98. The van der Waals surface area contributed by atoms with Crippen molar-refractivity contribution in [2.75, 3.05) is 18.4 Å². The molecule has 1 aliphatic heterocycles. The van der Waals surface area contributed by atoms with E-state index in [0.29, 0.717) is 28.3 Å². The third kappa shape index (κ3) is 3.64. The number of amides is 1. The summed E-state index contributed by atoms with van der Waals surface area (Å²) in [5, 5.41) is 16.7. The van der Waals surface area contributed by atoms with Crippen LogP contribution in [0, 0.1) is 6.92 Å². The first kappa shape index (κ1) is 18.6. The molecule has 0 unspecified atom stereocenters. The number of carbonyl (C=O) groups is 1. The van der Waals surface area contributed by atoms with Crippen LogP contribution in [0.5, 0.6) is 0 Å². The Hall–Kier alpha value is -2.23. The minimum Gasteiger partial charge on any atom is -0.463 e. The molecule has 4 rings (SSSR count). The van der Waals surface area contributed by atoms with E-state index < -0.39 is 0 Å². The maximum Gasteiger partial charge on any atom is 0.279 e. The fourth-order valence-corrected chi connectivity index (χ4v) is 3.67. The van der Waals surface area contributed by atoms with Crippen LogP contribution in [0.1, 0.15) is 35.1 Å². The van der Waals surface area contributed by atoms with Crippen LogP contribution in [0.4, 0.5) is 5.13 Å². The number of furan rings is 1. The highest BCUT2D eigenvalue weighted by Crippen LogP contribution is 2.26. The molecule has 1 fully saturated rings. The molecule has 3 aromatic heterocycles. The molecule has 8 nitrogen and oxygen atoms in total. The van der Waals surface area contributed by atoms with Gasteiger partial charge >= 0.3 is 0 Å². The molecular weight excluding hydrogens is 376 g/mol. The molecule has 0 aliphatic carbocycles. The van der Waals surface area contributed by atoms with E-state index in [1.54, 1.807) is 12.3 Å². The van der Waals surface area contributed by atoms with E-state index in [1.165, 1.54) is 11.3 Å². The molecule has 0 saturated carbocycles. The highest BCUT2D eigenvalue weighted by molar-refractivity contribution is 7.14. The lowest BCUT2D eigenvalue weighted by atomic mass is 10.1. The first-order valence-electron chi connectivity index (χ1n) is 8.15. The monoisotopic (exact) mass is 394 g/mol. The van der Waals surface area contributed by atoms with Crippen molar-refractivity contribution < 1.29 is 9.21 Å². The molecule has 0 atom stereocenters. The number of hydrogen-bond donors (Lipinski definition) is 2. The molecule has 138 valence electrons. The second-order valence-corrected chi connectivity index (χ2v) is 6.78. The lowest BCUT2D eigenvalue weighted by Gasteiger charge is -2.23. The molecule has 10 heteroatoms. The van der Waals surface area contributed by atoms with Gasteiger partial charge in [0, 0.05) is 5.38 Å². The van der Waals surface area contributed by atoms with E-state index in [0.717, 1.165) is 31.6 Å². The fourth-order valence-electron chi connectivity index (χ4n) is 2.97. The molecule has 2 N–H and O–H groups in total. The van der Waals surface area contributed by atoms with E-state index in [1.807, 2.05) is 23.1 Å². The summed E-state index contributed by atoms with van der Waals surface area (Å²) in [5.74, 6) is 0.378. The van der Waals surface area contributed by atoms with Gasteiger partial charge in [0.25, 0.3) is 5.91 Å². The van der Waals surface area contributed by atoms with Crippen LogP contribution in [0.15, 0.2) is 28.2 Å². The molecule has 0 radical (unpaired) electrons. The van der Waals surface area contributed by atoms with Gasteiger partial charge < -0.3 is 9.73 Å². The number of halogens is 1. The van der Waals surface area contributed by atoms with Crippen molar-refractivity contribution in [3.63, 3.8) is 0 Å². The van der Waals surface area contributed by atoms with Crippen molar-refractivity contribution in [2.24, 2.45) is 0 Å². The van der Waals surface area contributed by atoms with Gasteiger partial charge in [0.1, 0.15) is 5.69 Å². The van der Waals surface area contributed by atoms with E-state index in [2.05, 4.69) is 25.9 Å². The zero-order chi connectivity index (χ0) is 17.2. The van der Waals surface area contributed by atoms with E-state index >= 15 is 0 Å². The van der Waals surface area contributed by atoms with Crippen LogP contribution < -0.4 is 10.6 Å². The van der Waals surface area contributed by atoms with Gasteiger partial charge in [-0.25, -0.2) is 9.67 Å². The summed E-state index contributed by atoms with van der Waals surface area (Å²) in [6.07, 6.45) is 3.57. The van der Waals surface area contributed by atoms with Gasteiger partial charge in [-0.2, -0.15) is 0 Å². The topological polar surface area (TPSA) is 97.9 Å². The fraction of sp³-hybridized carbons (Fsp3) is 0.375. The number of carbonyl (C=O) groups excluding carboxylic acids is 1. The number of anilines is 1. The predicted octanol–water partition coefficient (Wildman–Crippen LogP) is 2.90. The minimum absolute atomic E-state index is 0. The summed E-state index contributed by atoms with van der Waals surface area (Å²) >= 11 is 1.35. The third-order valence-electron chi connectivity index (χ3n) is 4.30. The van der Waals surface area contributed by atoms with Crippen LogP contribution in [-0.2, 0) is 0 Å². The summed E-state index contributed by atoms with van der Waals surface area (Å²) in [5.41, 5.74) is 1.82. The molecule has 0 spiro atoms. The lowest BCUT2D eigenvalue weighted by molar-refractivity contribution is 0.102. The zero-order valence-corrected chi connectivity index (χ0v) is 15.8. The van der Waals surface area contributed by atoms with Gasteiger partial charge in [0.05, 0.1) is 18.0 Å². The quantitative estimate of drug-likeness (QED) is 0.706. The smallest absolute Gasteiger partial charge is 0.279 e. The van der Waals surface area contributed by atoms with Crippen LogP contribution in [-0.4, -0.2) is 39.0 Å². The van der Waals surface area contributed by atoms with Crippen LogP contribution in [0.25, 0.3) is 11.5 Å². The Kier molecular flexibility index (Phi) is 5.70. The first-order chi connectivity index (χ1) is 12.2. The summed E-state index contributed by atoms with van der Waals surface area (Å²) in [4.78, 5) is 16.9. The molecular formula is C16H19ClN6O2S. The van der Waals surface area contributed by atoms with E-state index in [4.69, 9.17) is 4.42 Å². The number of aromatic nitrogens is 4. The first-order valence-corrected chi connectivity index (χ1v) is 9.03. The van der Waals surface area contributed by atoms with Crippen molar-refractivity contribution in [3.05, 3.63) is 35.2 Å². The molecule has 26 heavy (non-hydrogen) atoms. The van der Waals surface area contributed by atoms with Crippen molar-refractivity contribution in [1.82, 2.24) is 25.3 Å². The largest absolute Gasteiger partial charge is 0.463 e. The number of hydrogen-bond acceptors (Lipinski definition) is 7. The lowest BCUT2D eigenvalue weighted by Crippen LogP contribution is -2.30. The van der Waals surface area contributed by atoms with E-state index in [-0.39, 0.29) is 18.3 Å². The summed E-state index contributed by atoms with van der Waals surface area (Å²) in [6.45, 7) is 3.80. The second-order valence-electron chi connectivity index (χ2n) is 5.92. The van der Waals surface area contributed by atoms with Gasteiger partial charge in [-0.15, -0.1) is 28.8 Å². The summed E-state index contributed by atoms with van der Waals surface area (Å²) in [6, 6.07) is 3.92. The molecule has 0 aromatic carbocycles. The third-order valence-corrected chi connectivity index (χ3v) is 5.05. The van der Waals surface area contributed by atoms with Gasteiger partial charge in [-0.3, -0.25) is 10.1 Å². The number of piperidine rings is 1. The van der Waals surface area contributed by atoms with Crippen LogP contribution >= 0.6 is 23.7 Å². The van der Waals surface area contributed by atoms with Gasteiger partial charge in [0.15, 0.2) is 16.6 Å². The summed E-state index contributed by atoms with van der Waals surface area (Å²) in [7, 11) is 0. The maximum absolute atomic E-state index is 12.5. The average Bonchev–Trinajstić information content (AvgIpc) is 3.35. The average molecular weight is 395 g/mol. The van der Waals surface area contributed by atoms with Gasteiger partial charge in [-0.1, -0.05) is 5.21 Å². The Labute approximate surface area is 160 Å². The number of nitrogens with zero attached hydrogens (tertiary/aromatic N) is 4. The van der Waals surface area contributed by atoms with Crippen LogP contribution in [0.2, 0.25) is 0 Å². The molecule has 1 aliphatic rings. The molecule has 1 amide bonds. The number of thiazole rings is 1. The highest BCUT2D eigenvalue weighted by Gasteiger charge is 2.23. The van der Waals surface area contributed by atoms with Crippen LogP contribution in [0.3, 0.4) is 0 Å². The minimum atomic E-state index is -0.293. The van der Waals surface area contributed by atoms with Crippen molar-refractivity contribution in [1.29, 1.82) is 0 Å². The number of nitrogens with one attached hydrogen (secondary N) is 2. The zero-order valence-electron chi connectivity index (χ0n) is 14.1. The van der Waals surface area contributed by atoms with Gasteiger partial charge in [0.2, 0.25) is 0 Å². The Bertz CT molecular complexity index is 869. The van der Waals surface area contributed by atoms with Crippen molar-refractivity contribution >= 4 is 34.8 Å². The molecule has 1 saturated heterocycles. The van der Waals surface area contributed by atoms with Crippen molar-refractivity contribution in [3.8, 4) is 11.5 Å². The molecule has 4 heterocycles. The normalized spacial score (nSPS) is 14.8. The Balaban J connectivity index is 0.00000196. The Morgan fingerprint density at radius 3 is 2.96 bits per heavy atom. The standard InChI is InChI=1S/C16H18N6O2S.ClH/c1-10-14(20-21-22(10)11-4-6-17-7-5-11)15(23)19-16-18-12(9-25-16)13-3-2-8-24-13;/h2-3,8-9,11,17H,4-7H2,1H3,(H,18,19,23);1H. The van der Waals surface area contributed by atoms with E-state index in [9.17, 15) is 4.79 Å². The highest BCUT2D eigenvalue weighted by atomic mass is 35.5. The Morgan fingerprint density at radius 1 is 1.42 bits per heavy atom. The van der Waals surface area contributed by atoms with Gasteiger partial charge in [-0.05, 0) is 45.0 Å². The summed E-state index contributed by atoms with van der Waals surface area (Å²) < 4.78 is 7.18. The number of rotatable bonds is 4. The maximum atomic E-state index is 12.5. The molecule has 0 bridgehead atoms. The Morgan fingerprint density at radius 2 is 2.23 bits per heavy atom. The predicted molar refractivity (Wildman–Crippen MR) is 101 cm³/mol. The SMILES string of the molecule is Cc1c(C(=O)Nc2nc(-c3ccco3)cs2)nnn1C1CCNCC1.Cl.